The Balaban J connectivity index is 1.90. The summed E-state index contributed by atoms with van der Waals surface area (Å²) in [7, 11) is 0. The summed E-state index contributed by atoms with van der Waals surface area (Å²) in [6, 6.07) is 2.71. The van der Waals surface area contributed by atoms with E-state index in [9.17, 15) is 0 Å². The van der Waals surface area contributed by atoms with E-state index < -0.39 is 0 Å². The van der Waals surface area contributed by atoms with Crippen LogP contribution in [0, 0.1) is 0 Å². The molecule has 0 amide bonds. The first kappa shape index (κ1) is 10.7. The Morgan fingerprint density at radius 3 is 3.27 bits per heavy atom. The summed E-state index contributed by atoms with van der Waals surface area (Å²) in [5, 5.41) is 3.58. The van der Waals surface area contributed by atoms with Crippen LogP contribution in [0.15, 0.2) is 23.0 Å². The van der Waals surface area contributed by atoms with Crippen molar-refractivity contribution in [3.63, 3.8) is 0 Å². The van der Waals surface area contributed by atoms with Gasteiger partial charge in [-0.05, 0) is 32.0 Å². The lowest BCUT2D eigenvalue weighted by atomic mass is 10.2. The summed E-state index contributed by atoms with van der Waals surface area (Å²) < 4.78 is 5.10. The minimum Gasteiger partial charge on any atom is -0.472 e. The molecule has 0 spiro atoms. The van der Waals surface area contributed by atoms with Gasteiger partial charge in [-0.15, -0.1) is 0 Å². The Morgan fingerprint density at radius 1 is 1.60 bits per heavy atom. The molecule has 84 valence electrons. The van der Waals surface area contributed by atoms with Crippen LogP contribution in [0.4, 0.5) is 0 Å². The summed E-state index contributed by atoms with van der Waals surface area (Å²) in [5.74, 6) is 0. The highest BCUT2D eigenvalue weighted by atomic mass is 16.3. The van der Waals surface area contributed by atoms with E-state index >= 15 is 0 Å². The van der Waals surface area contributed by atoms with Gasteiger partial charge < -0.3 is 9.73 Å². The maximum absolute atomic E-state index is 5.10. The molecule has 15 heavy (non-hydrogen) atoms. The summed E-state index contributed by atoms with van der Waals surface area (Å²) in [5.41, 5.74) is 1.28. The highest BCUT2D eigenvalue weighted by Crippen LogP contribution is 2.09. The lowest BCUT2D eigenvalue weighted by molar-refractivity contribution is 0.257. The van der Waals surface area contributed by atoms with Crippen LogP contribution in [0.5, 0.6) is 0 Å². The zero-order valence-electron chi connectivity index (χ0n) is 9.41. The molecule has 1 aliphatic rings. The fourth-order valence-electron chi connectivity index (χ4n) is 2.13. The summed E-state index contributed by atoms with van der Waals surface area (Å²) >= 11 is 0. The van der Waals surface area contributed by atoms with Gasteiger partial charge in [-0.2, -0.15) is 0 Å². The van der Waals surface area contributed by atoms with Crippen molar-refractivity contribution in [1.82, 2.24) is 10.2 Å². The molecule has 2 rings (SSSR count). The maximum atomic E-state index is 5.10. The van der Waals surface area contributed by atoms with E-state index in [1.54, 1.807) is 6.26 Å². The molecule has 1 N–H and O–H groups in total. The van der Waals surface area contributed by atoms with Gasteiger partial charge in [-0.3, -0.25) is 4.90 Å². The maximum Gasteiger partial charge on any atom is 0.0947 e. The van der Waals surface area contributed by atoms with Crippen LogP contribution in [0.2, 0.25) is 0 Å². The average molecular weight is 208 g/mol. The molecule has 2 heterocycles. The van der Waals surface area contributed by atoms with Crippen LogP contribution < -0.4 is 5.32 Å². The van der Waals surface area contributed by atoms with Crippen molar-refractivity contribution in [3.05, 3.63) is 24.2 Å². The molecule has 0 aliphatic carbocycles. The first-order chi connectivity index (χ1) is 7.38. The Hall–Kier alpha value is -0.800. The first-order valence-electron chi connectivity index (χ1n) is 5.85. The average Bonchev–Trinajstić information content (AvgIpc) is 2.64. The minimum absolute atomic E-state index is 0.652. The minimum atomic E-state index is 0.652. The predicted molar refractivity (Wildman–Crippen MR) is 60.7 cm³/mol. The molecule has 1 aliphatic heterocycles. The third kappa shape index (κ3) is 3.08. The topological polar surface area (TPSA) is 28.4 Å². The number of hydrogen-bond acceptors (Lipinski definition) is 3. The van der Waals surface area contributed by atoms with Crippen LogP contribution in [0.25, 0.3) is 0 Å². The van der Waals surface area contributed by atoms with E-state index in [2.05, 4.69) is 23.2 Å². The van der Waals surface area contributed by atoms with Gasteiger partial charge >= 0.3 is 0 Å². The molecule has 3 heteroatoms. The third-order valence-corrected chi connectivity index (χ3v) is 3.04. The predicted octanol–water partition coefficient (Wildman–Crippen LogP) is 1.85. The van der Waals surface area contributed by atoms with Crippen molar-refractivity contribution < 1.29 is 4.42 Å². The van der Waals surface area contributed by atoms with Crippen molar-refractivity contribution in [2.75, 3.05) is 19.6 Å². The zero-order chi connectivity index (χ0) is 10.5. The van der Waals surface area contributed by atoms with Gasteiger partial charge in [0.2, 0.25) is 0 Å². The standard InChI is InChI=1S/C12H20N2O/c1-2-12-9-14(6-3-5-13-12)8-11-4-7-15-10-11/h4,7,10,12-13H,2-3,5-6,8-9H2,1H3. The Kier molecular flexibility index (Phi) is 3.80. The smallest absolute Gasteiger partial charge is 0.0947 e. The molecule has 1 atom stereocenters. The van der Waals surface area contributed by atoms with Gasteiger partial charge in [-0.25, -0.2) is 0 Å². The Morgan fingerprint density at radius 2 is 2.53 bits per heavy atom. The molecular formula is C12H20N2O. The van der Waals surface area contributed by atoms with Crippen LogP contribution in [-0.2, 0) is 6.54 Å². The van der Waals surface area contributed by atoms with Crippen LogP contribution in [0.1, 0.15) is 25.3 Å². The van der Waals surface area contributed by atoms with Gasteiger partial charge in [0.15, 0.2) is 0 Å². The van der Waals surface area contributed by atoms with E-state index in [0.717, 1.165) is 19.6 Å². The fraction of sp³-hybridized carbons (Fsp3) is 0.667. The van der Waals surface area contributed by atoms with Crippen molar-refractivity contribution in [3.8, 4) is 0 Å². The van der Waals surface area contributed by atoms with Gasteiger partial charge in [0.1, 0.15) is 0 Å². The highest BCUT2D eigenvalue weighted by Gasteiger charge is 2.16. The number of hydrogen-bond donors (Lipinski definition) is 1. The monoisotopic (exact) mass is 208 g/mol. The Labute approximate surface area is 91.4 Å². The van der Waals surface area contributed by atoms with Crippen molar-refractivity contribution in [2.24, 2.45) is 0 Å². The molecule has 1 fully saturated rings. The molecular weight excluding hydrogens is 188 g/mol. The molecule has 1 unspecified atom stereocenters. The van der Waals surface area contributed by atoms with E-state index in [-0.39, 0.29) is 0 Å². The molecule has 0 bridgehead atoms. The molecule has 0 radical (unpaired) electrons. The number of nitrogens with zero attached hydrogens (tertiary/aromatic N) is 1. The van der Waals surface area contributed by atoms with E-state index in [1.165, 1.54) is 24.9 Å². The van der Waals surface area contributed by atoms with Crippen molar-refractivity contribution in [2.45, 2.75) is 32.4 Å². The molecule has 0 aromatic carbocycles. The highest BCUT2D eigenvalue weighted by molar-refractivity contribution is 5.05. The lowest BCUT2D eigenvalue weighted by Crippen LogP contribution is -2.36. The second-order valence-electron chi connectivity index (χ2n) is 4.28. The Bertz CT molecular complexity index is 271. The van der Waals surface area contributed by atoms with E-state index in [1.807, 2.05) is 6.26 Å². The molecule has 1 aromatic rings. The second-order valence-corrected chi connectivity index (χ2v) is 4.28. The number of rotatable bonds is 3. The quantitative estimate of drug-likeness (QED) is 0.821. The van der Waals surface area contributed by atoms with E-state index in [0.29, 0.717) is 6.04 Å². The van der Waals surface area contributed by atoms with Gasteiger partial charge in [0.05, 0.1) is 12.5 Å². The van der Waals surface area contributed by atoms with Gasteiger partial charge in [0, 0.05) is 24.7 Å². The SMILES string of the molecule is CCC1CN(Cc2ccoc2)CCCN1. The molecule has 1 saturated heterocycles. The third-order valence-electron chi connectivity index (χ3n) is 3.04. The second kappa shape index (κ2) is 5.33. The van der Waals surface area contributed by atoms with Crippen LogP contribution >= 0.6 is 0 Å². The van der Waals surface area contributed by atoms with E-state index in [4.69, 9.17) is 4.42 Å². The fourth-order valence-corrected chi connectivity index (χ4v) is 2.13. The summed E-state index contributed by atoms with van der Waals surface area (Å²) in [4.78, 5) is 2.51. The van der Waals surface area contributed by atoms with Crippen molar-refractivity contribution in [1.29, 1.82) is 0 Å². The first-order valence-corrected chi connectivity index (χ1v) is 5.85. The lowest BCUT2D eigenvalue weighted by Gasteiger charge is -2.22. The summed E-state index contributed by atoms with van der Waals surface area (Å²) in [6.45, 7) is 6.77. The zero-order valence-corrected chi connectivity index (χ0v) is 9.41. The van der Waals surface area contributed by atoms with Crippen LogP contribution in [0.3, 0.4) is 0 Å². The molecule has 0 saturated carbocycles. The number of nitrogens with one attached hydrogen (secondary N) is 1. The van der Waals surface area contributed by atoms with Crippen molar-refractivity contribution >= 4 is 0 Å². The van der Waals surface area contributed by atoms with Gasteiger partial charge in [-0.1, -0.05) is 6.92 Å². The molecule has 1 aromatic heterocycles. The number of furan rings is 1. The largest absolute Gasteiger partial charge is 0.472 e. The molecule has 3 nitrogen and oxygen atoms in total. The van der Waals surface area contributed by atoms with Gasteiger partial charge in [0.25, 0.3) is 0 Å². The van der Waals surface area contributed by atoms with Crippen LogP contribution in [-0.4, -0.2) is 30.6 Å². The summed E-state index contributed by atoms with van der Waals surface area (Å²) in [6.07, 6.45) is 6.05. The normalized spacial score (nSPS) is 23.9.